The minimum atomic E-state index is -0.946. The molecule has 0 saturated carbocycles. The number of carbonyl (C=O) groups is 2. The first-order valence-electron chi connectivity index (χ1n) is 8.50. The molecule has 0 unspecified atom stereocenters. The van der Waals surface area contributed by atoms with Gasteiger partial charge in [0.2, 0.25) is 5.13 Å². The van der Waals surface area contributed by atoms with Crippen LogP contribution in [-0.2, 0) is 9.59 Å². The molecule has 1 saturated heterocycles. The van der Waals surface area contributed by atoms with Gasteiger partial charge in [-0.15, -0.1) is 10.2 Å². The van der Waals surface area contributed by atoms with Crippen molar-refractivity contribution in [1.29, 1.82) is 0 Å². The van der Waals surface area contributed by atoms with Gasteiger partial charge in [-0.1, -0.05) is 65.6 Å². The second-order valence-electron chi connectivity index (χ2n) is 6.14. The molecule has 2 heterocycles. The van der Waals surface area contributed by atoms with Gasteiger partial charge in [0, 0.05) is 5.56 Å². The summed E-state index contributed by atoms with van der Waals surface area (Å²) in [5.41, 5.74) is 0.803. The topological polar surface area (TPSA) is 83.4 Å². The van der Waals surface area contributed by atoms with Crippen molar-refractivity contribution in [2.75, 3.05) is 11.2 Å². The molecular formula is C20H14FN3O3S2. The molecule has 6 nitrogen and oxygen atoms in total. The van der Waals surface area contributed by atoms with Crippen molar-refractivity contribution in [3.8, 4) is 0 Å². The Kier molecular flexibility index (Phi) is 5.16. The molecule has 2 aromatic carbocycles. The summed E-state index contributed by atoms with van der Waals surface area (Å²) in [5, 5.41) is 19.1. The van der Waals surface area contributed by atoms with E-state index in [0.717, 1.165) is 11.3 Å². The van der Waals surface area contributed by atoms with E-state index in [2.05, 4.69) is 10.2 Å². The maximum Gasteiger partial charge on any atom is 0.301 e. The highest BCUT2D eigenvalue weighted by molar-refractivity contribution is 8.00. The van der Waals surface area contributed by atoms with Crippen molar-refractivity contribution in [3.63, 3.8) is 0 Å². The van der Waals surface area contributed by atoms with E-state index in [-0.39, 0.29) is 16.5 Å². The number of aliphatic hydroxyl groups excluding tert-OH is 1. The highest BCUT2D eigenvalue weighted by Gasteiger charge is 2.48. The van der Waals surface area contributed by atoms with E-state index in [1.54, 1.807) is 30.3 Å². The summed E-state index contributed by atoms with van der Waals surface area (Å²) in [6, 6.07) is 13.0. The summed E-state index contributed by atoms with van der Waals surface area (Å²) in [6.45, 7) is 0. The minimum Gasteiger partial charge on any atom is -0.507 e. The van der Waals surface area contributed by atoms with E-state index < -0.39 is 23.5 Å². The summed E-state index contributed by atoms with van der Waals surface area (Å²) in [6.07, 6.45) is 1.82. The number of Topliss-reactive ketones (excluding diaryl/α,β-unsaturated/α-hetero) is 1. The van der Waals surface area contributed by atoms with E-state index >= 15 is 0 Å². The first-order chi connectivity index (χ1) is 14.0. The van der Waals surface area contributed by atoms with E-state index in [9.17, 15) is 19.1 Å². The quantitative estimate of drug-likeness (QED) is 0.223. The number of thioether (sulfide) groups is 1. The Balaban J connectivity index is 1.93. The Morgan fingerprint density at radius 3 is 2.41 bits per heavy atom. The van der Waals surface area contributed by atoms with E-state index in [1.807, 2.05) is 6.26 Å². The fraction of sp³-hybridized carbons (Fsp3) is 0.100. The molecule has 1 amide bonds. The fourth-order valence-corrected chi connectivity index (χ4v) is 4.41. The molecule has 1 fully saturated rings. The number of aliphatic hydroxyl groups is 1. The molecule has 4 rings (SSSR count). The average molecular weight is 427 g/mol. The number of hydrogen-bond acceptors (Lipinski definition) is 7. The number of halogens is 1. The summed E-state index contributed by atoms with van der Waals surface area (Å²) < 4.78 is 14.1. The number of ketones is 1. The van der Waals surface area contributed by atoms with Gasteiger partial charge in [0.1, 0.15) is 11.6 Å². The van der Waals surface area contributed by atoms with Gasteiger partial charge < -0.3 is 5.11 Å². The molecule has 0 spiro atoms. The SMILES string of the molecule is CSc1nnc(N2C(=O)C(=O)/C(=C(/O)c3ccccc3)[C@@H]2c2ccc(F)cc2)s1. The summed E-state index contributed by atoms with van der Waals surface area (Å²) >= 11 is 2.53. The standard InChI is InChI=1S/C20H14FN3O3S2/c1-28-20-23-22-19(29-20)24-15(11-7-9-13(21)10-8-11)14(17(26)18(24)27)16(25)12-5-3-2-4-6-12/h2-10,15,25H,1H3/b16-14+/t15-/m0/s1. The number of nitrogens with zero attached hydrogens (tertiary/aromatic N) is 3. The van der Waals surface area contributed by atoms with Crippen LogP contribution in [0.3, 0.4) is 0 Å². The van der Waals surface area contributed by atoms with E-state index in [0.29, 0.717) is 15.5 Å². The van der Waals surface area contributed by atoms with Gasteiger partial charge >= 0.3 is 5.91 Å². The van der Waals surface area contributed by atoms with Gasteiger partial charge in [0.15, 0.2) is 4.34 Å². The average Bonchev–Trinajstić information content (AvgIpc) is 3.32. The zero-order valence-corrected chi connectivity index (χ0v) is 16.7. The van der Waals surface area contributed by atoms with Crippen LogP contribution in [0.25, 0.3) is 5.76 Å². The molecule has 3 aromatic rings. The van der Waals surface area contributed by atoms with Crippen LogP contribution in [-0.4, -0.2) is 33.3 Å². The monoisotopic (exact) mass is 427 g/mol. The molecule has 1 atom stereocenters. The van der Waals surface area contributed by atoms with Crippen molar-refractivity contribution in [2.24, 2.45) is 0 Å². The Morgan fingerprint density at radius 2 is 1.79 bits per heavy atom. The molecule has 1 aliphatic rings. The summed E-state index contributed by atoms with van der Waals surface area (Å²) in [5.74, 6) is -2.40. The third-order valence-corrected chi connectivity index (χ3v) is 6.35. The molecular weight excluding hydrogens is 413 g/mol. The lowest BCUT2D eigenvalue weighted by molar-refractivity contribution is -0.132. The largest absolute Gasteiger partial charge is 0.507 e. The second kappa shape index (κ2) is 7.76. The van der Waals surface area contributed by atoms with Crippen molar-refractivity contribution in [3.05, 3.63) is 77.1 Å². The molecule has 9 heteroatoms. The number of benzene rings is 2. The first-order valence-corrected chi connectivity index (χ1v) is 10.5. The predicted molar refractivity (Wildman–Crippen MR) is 109 cm³/mol. The van der Waals surface area contributed by atoms with Gasteiger partial charge in [-0.25, -0.2) is 4.39 Å². The van der Waals surface area contributed by atoms with E-state index in [1.165, 1.54) is 40.9 Å². The number of amides is 1. The Morgan fingerprint density at radius 1 is 1.10 bits per heavy atom. The molecule has 0 bridgehead atoms. The molecule has 1 N–H and O–H groups in total. The van der Waals surface area contributed by atoms with E-state index in [4.69, 9.17) is 0 Å². The molecule has 0 aliphatic carbocycles. The molecule has 1 aliphatic heterocycles. The lowest BCUT2D eigenvalue weighted by Crippen LogP contribution is -2.29. The number of carbonyl (C=O) groups excluding carboxylic acids is 2. The third kappa shape index (κ3) is 3.43. The molecule has 0 radical (unpaired) electrons. The van der Waals surface area contributed by atoms with Crippen LogP contribution in [0.1, 0.15) is 17.2 Å². The lowest BCUT2D eigenvalue weighted by Gasteiger charge is -2.22. The first kappa shape index (κ1) is 19.3. The number of aromatic nitrogens is 2. The maximum atomic E-state index is 13.5. The number of anilines is 1. The van der Waals surface area contributed by atoms with Crippen molar-refractivity contribution >= 4 is 45.7 Å². The maximum absolute atomic E-state index is 13.5. The normalized spacial score (nSPS) is 18.4. The van der Waals surface area contributed by atoms with Crippen LogP contribution in [0.15, 0.2) is 64.5 Å². The Hall–Kier alpha value is -3.04. The number of rotatable bonds is 4. The molecule has 1 aromatic heterocycles. The summed E-state index contributed by atoms with van der Waals surface area (Å²) in [7, 11) is 0. The summed E-state index contributed by atoms with van der Waals surface area (Å²) in [4.78, 5) is 27.0. The van der Waals surface area contributed by atoms with Crippen molar-refractivity contribution in [2.45, 2.75) is 10.4 Å². The fourth-order valence-electron chi connectivity index (χ4n) is 3.12. The van der Waals surface area contributed by atoms with Gasteiger partial charge in [-0.05, 0) is 24.0 Å². The van der Waals surface area contributed by atoms with Gasteiger partial charge in [0.05, 0.1) is 11.6 Å². The minimum absolute atomic E-state index is 0.0753. The van der Waals surface area contributed by atoms with Crippen LogP contribution in [0, 0.1) is 5.82 Å². The number of hydrogen-bond donors (Lipinski definition) is 1. The van der Waals surface area contributed by atoms with Crippen LogP contribution >= 0.6 is 23.1 Å². The highest BCUT2D eigenvalue weighted by Crippen LogP contribution is 2.43. The second-order valence-corrected chi connectivity index (χ2v) is 8.15. The third-order valence-electron chi connectivity index (χ3n) is 4.45. The molecule has 29 heavy (non-hydrogen) atoms. The van der Waals surface area contributed by atoms with Crippen LogP contribution in [0.4, 0.5) is 9.52 Å². The van der Waals surface area contributed by atoms with Crippen LogP contribution < -0.4 is 4.90 Å². The Bertz CT molecular complexity index is 1110. The van der Waals surface area contributed by atoms with Crippen molar-refractivity contribution in [1.82, 2.24) is 10.2 Å². The smallest absolute Gasteiger partial charge is 0.301 e. The van der Waals surface area contributed by atoms with Gasteiger partial charge in [-0.3, -0.25) is 14.5 Å². The lowest BCUT2D eigenvalue weighted by atomic mass is 9.95. The predicted octanol–water partition coefficient (Wildman–Crippen LogP) is 4.03. The zero-order valence-electron chi connectivity index (χ0n) is 15.1. The Labute approximate surface area is 173 Å². The zero-order chi connectivity index (χ0) is 20.5. The highest BCUT2D eigenvalue weighted by atomic mass is 32.2. The van der Waals surface area contributed by atoms with Gasteiger partial charge in [0.25, 0.3) is 5.78 Å². The van der Waals surface area contributed by atoms with Gasteiger partial charge in [-0.2, -0.15) is 0 Å². The van der Waals surface area contributed by atoms with Crippen LogP contribution in [0.5, 0.6) is 0 Å². The molecule has 146 valence electrons. The van der Waals surface area contributed by atoms with Crippen LogP contribution in [0.2, 0.25) is 0 Å². The van der Waals surface area contributed by atoms with Crippen molar-refractivity contribution < 1.29 is 19.1 Å².